The summed E-state index contributed by atoms with van der Waals surface area (Å²) in [5.74, 6) is 0.436. The lowest BCUT2D eigenvalue weighted by atomic mass is 10.1. The Morgan fingerprint density at radius 1 is 1.29 bits per heavy atom. The molecule has 1 amide bonds. The molecule has 0 fully saturated rings. The van der Waals surface area contributed by atoms with Gasteiger partial charge in [0.15, 0.2) is 5.43 Å². The Balaban J connectivity index is 1.86. The first-order chi connectivity index (χ1) is 10.1. The number of aryl methyl sites for hydroxylation is 1. The highest BCUT2D eigenvalue weighted by molar-refractivity contribution is 5.97. The lowest BCUT2D eigenvalue weighted by Crippen LogP contribution is -2.22. The summed E-state index contributed by atoms with van der Waals surface area (Å²) in [7, 11) is 0. The maximum absolute atomic E-state index is 12.1. The summed E-state index contributed by atoms with van der Waals surface area (Å²) in [6.45, 7) is 2.14. The standard InChI is InChI=1S/C16H14N2O3/c1-10-7-15(19)13-8-11(4-5-14(13)18-10)16(20)17-9-12-3-2-6-21-12/h2-8H,9H2,1H3,(H,17,20)(H,18,19). The van der Waals surface area contributed by atoms with Crippen LogP contribution in [0.3, 0.4) is 0 Å². The van der Waals surface area contributed by atoms with E-state index in [0.717, 1.165) is 11.2 Å². The zero-order valence-electron chi connectivity index (χ0n) is 11.5. The molecule has 0 saturated carbocycles. The van der Waals surface area contributed by atoms with Crippen LogP contribution in [0.25, 0.3) is 10.9 Å². The normalized spacial score (nSPS) is 10.7. The predicted molar refractivity (Wildman–Crippen MR) is 79.2 cm³/mol. The van der Waals surface area contributed by atoms with E-state index >= 15 is 0 Å². The number of carbonyl (C=O) groups is 1. The molecule has 0 aliphatic heterocycles. The van der Waals surface area contributed by atoms with Gasteiger partial charge in [-0.1, -0.05) is 0 Å². The number of H-pyrrole nitrogens is 1. The van der Waals surface area contributed by atoms with Crippen LogP contribution >= 0.6 is 0 Å². The number of fused-ring (bicyclic) bond motifs is 1. The van der Waals surface area contributed by atoms with Gasteiger partial charge in [-0.3, -0.25) is 9.59 Å². The number of pyridine rings is 1. The second-order valence-corrected chi connectivity index (χ2v) is 4.84. The highest BCUT2D eigenvalue weighted by Crippen LogP contribution is 2.11. The van der Waals surface area contributed by atoms with Crippen LogP contribution < -0.4 is 10.7 Å². The molecule has 0 unspecified atom stereocenters. The minimum absolute atomic E-state index is 0.0954. The van der Waals surface area contributed by atoms with E-state index in [2.05, 4.69) is 10.3 Å². The summed E-state index contributed by atoms with van der Waals surface area (Å²) >= 11 is 0. The Hall–Kier alpha value is -2.82. The molecule has 5 heteroatoms. The zero-order chi connectivity index (χ0) is 14.8. The summed E-state index contributed by atoms with van der Waals surface area (Å²) in [4.78, 5) is 27.2. The highest BCUT2D eigenvalue weighted by Gasteiger charge is 2.09. The summed E-state index contributed by atoms with van der Waals surface area (Å²) in [5.41, 5.74) is 1.87. The van der Waals surface area contributed by atoms with Crippen molar-refractivity contribution in [3.05, 3.63) is 69.9 Å². The van der Waals surface area contributed by atoms with Gasteiger partial charge in [0.2, 0.25) is 0 Å². The van der Waals surface area contributed by atoms with Crippen LogP contribution in [0.5, 0.6) is 0 Å². The predicted octanol–water partition coefficient (Wildman–Crippen LogP) is 2.36. The molecule has 106 valence electrons. The van der Waals surface area contributed by atoms with Crippen LogP contribution in [-0.2, 0) is 6.54 Å². The largest absolute Gasteiger partial charge is 0.467 e. The van der Waals surface area contributed by atoms with E-state index in [0.29, 0.717) is 23.3 Å². The first-order valence-corrected chi connectivity index (χ1v) is 6.58. The number of furan rings is 1. The number of hydrogen-bond acceptors (Lipinski definition) is 3. The van der Waals surface area contributed by atoms with Gasteiger partial charge < -0.3 is 14.7 Å². The summed E-state index contributed by atoms with van der Waals surface area (Å²) in [5, 5.41) is 3.26. The van der Waals surface area contributed by atoms with Gasteiger partial charge in [0.25, 0.3) is 5.91 Å². The van der Waals surface area contributed by atoms with E-state index in [-0.39, 0.29) is 11.3 Å². The van der Waals surface area contributed by atoms with Crippen molar-refractivity contribution in [2.24, 2.45) is 0 Å². The summed E-state index contributed by atoms with van der Waals surface area (Å²) in [6, 6.07) is 10.1. The topological polar surface area (TPSA) is 75.1 Å². The van der Waals surface area contributed by atoms with Crippen molar-refractivity contribution in [3.8, 4) is 0 Å². The number of nitrogens with one attached hydrogen (secondary N) is 2. The molecule has 21 heavy (non-hydrogen) atoms. The van der Waals surface area contributed by atoms with Crippen LogP contribution in [0.2, 0.25) is 0 Å². The van der Waals surface area contributed by atoms with Gasteiger partial charge >= 0.3 is 0 Å². The molecule has 2 N–H and O–H groups in total. The van der Waals surface area contributed by atoms with Crippen molar-refractivity contribution in [1.29, 1.82) is 0 Å². The first kappa shape index (κ1) is 13.2. The van der Waals surface area contributed by atoms with Gasteiger partial charge in [0.05, 0.1) is 12.8 Å². The van der Waals surface area contributed by atoms with E-state index < -0.39 is 0 Å². The Kier molecular flexibility index (Phi) is 3.31. The molecular formula is C16H14N2O3. The molecule has 0 aliphatic rings. The Bertz CT molecular complexity index is 848. The van der Waals surface area contributed by atoms with Gasteiger partial charge in [-0.25, -0.2) is 0 Å². The van der Waals surface area contributed by atoms with E-state index in [1.165, 1.54) is 6.07 Å². The molecule has 0 aliphatic carbocycles. The Morgan fingerprint density at radius 2 is 2.14 bits per heavy atom. The molecule has 2 heterocycles. The van der Waals surface area contributed by atoms with Crippen molar-refractivity contribution in [2.45, 2.75) is 13.5 Å². The minimum Gasteiger partial charge on any atom is -0.467 e. The number of aromatic amines is 1. The van der Waals surface area contributed by atoms with Gasteiger partial charge in [-0.2, -0.15) is 0 Å². The number of aromatic nitrogens is 1. The fourth-order valence-corrected chi connectivity index (χ4v) is 2.20. The van der Waals surface area contributed by atoms with Crippen molar-refractivity contribution in [2.75, 3.05) is 0 Å². The maximum Gasteiger partial charge on any atom is 0.251 e. The van der Waals surface area contributed by atoms with Crippen molar-refractivity contribution < 1.29 is 9.21 Å². The quantitative estimate of drug-likeness (QED) is 0.774. The molecule has 3 aromatic rings. The molecule has 1 aromatic carbocycles. The smallest absolute Gasteiger partial charge is 0.251 e. The number of benzene rings is 1. The number of rotatable bonds is 3. The van der Waals surface area contributed by atoms with Crippen molar-refractivity contribution in [1.82, 2.24) is 10.3 Å². The molecule has 5 nitrogen and oxygen atoms in total. The Labute approximate surface area is 120 Å². The fraction of sp³-hybridized carbons (Fsp3) is 0.125. The zero-order valence-corrected chi connectivity index (χ0v) is 11.5. The van der Waals surface area contributed by atoms with Gasteiger partial charge in [-0.15, -0.1) is 0 Å². The van der Waals surface area contributed by atoms with E-state index in [1.54, 1.807) is 36.6 Å². The highest BCUT2D eigenvalue weighted by atomic mass is 16.3. The molecule has 0 atom stereocenters. The number of amides is 1. The third kappa shape index (κ3) is 2.72. The average Bonchev–Trinajstić information content (AvgIpc) is 2.97. The van der Waals surface area contributed by atoms with Crippen LogP contribution in [0.15, 0.2) is 51.9 Å². The van der Waals surface area contributed by atoms with Crippen LogP contribution in [0.4, 0.5) is 0 Å². The molecule has 0 spiro atoms. The molecule has 2 aromatic heterocycles. The van der Waals surface area contributed by atoms with Crippen molar-refractivity contribution >= 4 is 16.8 Å². The van der Waals surface area contributed by atoms with Gasteiger partial charge in [0.1, 0.15) is 5.76 Å². The van der Waals surface area contributed by atoms with Gasteiger partial charge in [0, 0.05) is 28.2 Å². The first-order valence-electron chi connectivity index (χ1n) is 6.58. The lowest BCUT2D eigenvalue weighted by molar-refractivity contribution is 0.0948. The summed E-state index contributed by atoms with van der Waals surface area (Å²) < 4.78 is 5.15. The monoisotopic (exact) mass is 282 g/mol. The SMILES string of the molecule is Cc1cc(=O)c2cc(C(=O)NCc3ccco3)ccc2[nH]1. The van der Waals surface area contributed by atoms with Crippen molar-refractivity contribution in [3.63, 3.8) is 0 Å². The molecule has 0 radical (unpaired) electrons. The second kappa shape index (κ2) is 5.28. The third-order valence-electron chi connectivity index (χ3n) is 3.23. The molecular weight excluding hydrogens is 268 g/mol. The van der Waals surface area contributed by atoms with E-state index in [1.807, 2.05) is 6.92 Å². The maximum atomic E-state index is 12.1. The van der Waals surface area contributed by atoms with Gasteiger partial charge in [-0.05, 0) is 37.3 Å². The van der Waals surface area contributed by atoms with Crippen LogP contribution in [0, 0.1) is 6.92 Å². The summed E-state index contributed by atoms with van der Waals surface area (Å²) in [6.07, 6.45) is 1.55. The average molecular weight is 282 g/mol. The Morgan fingerprint density at radius 3 is 2.90 bits per heavy atom. The van der Waals surface area contributed by atoms with E-state index in [4.69, 9.17) is 4.42 Å². The molecule has 3 rings (SSSR count). The number of carbonyl (C=O) groups excluding carboxylic acids is 1. The van der Waals surface area contributed by atoms with Crippen LogP contribution in [-0.4, -0.2) is 10.9 Å². The number of hydrogen-bond donors (Lipinski definition) is 2. The van der Waals surface area contributed by atoms with E-state index in [9.17, 15) is 9.59 Å². The van der Waals surface area contributed by atoms with Crippen LogP contribution in [0.1, 0.15) is 21.8 Å². The minimum atomic E-state index is -0.242. The fourth-order valence-electron chi connectivity index (χ4n) is 2.20. The third-order valence-corrected chi connectivity index (χ3v) is 3.23. The second-order valence-electron chi connectivity index (χ2n) is 4.84. The lowest BCUT2D eigenvalue weighted by Gasteiger charge is -2.05. The molecule has 0 bridgehead atoms. The molecule has 0 saturated heterocycles.